The Hall–Kier alpha value is -0.610. The van der Waals surface area contributed by atoms with Crippen molar-refractivity contribution in [2.45, 2.75) is 44.1 Å². The summed E-state index contributed by atoms with van der Waals surface area (Å²) in [7, 11) is 0. The van der Waals surface area contributed by atoms with Crippen molar-refractivity contribution < 1.29 is 4.74 Å². The second-order valence-electron chi connectivity index (χ2n) is 5.43. The highest BCUT2D eigenvalue weighted by atomic mass is 35.5. The number of ether oxygens (including phenoxy) is 1. The van der Waals surface area contributed by atoms with Gasteiger partial charge < -0.3 is 10.1 Å². The third kappa shape index (κ3) is 2.09. The highest BCUT2D eigenvalue weighted by Crippen LogP contribution is 2.37. The topological polar surface area (TPSA) is 21.3 Å². The van der Waals surface area contributed by atoms with E-state index in [1.54, 1.807) is 11.3 Å². The number of thiophene rings is 1. The van der Waals surface area contributed by atoms with Gasteiger partial charge in [-0.05, 0) is 25.3 Å². The number of hydrogen-bond donors (Lipinski definition) is 1. The molecule has 2 aromatic rings. The van der Waals surface area contributed by atoms with Gasteiger partial charge >= 0.3 is 0 Å². The van der Waals surface area contributed by atoms with E-state index in [1.165, 1.54) is 27.8 Å². The van der Waals surface area contributed by atoms with E-state index < -0.39 is 0 Å². The summed E-state index contributed by atoms with van der Waals surface area (Å²) in [6.45, 7) is 0.857. The summed E-state index contributed by atoms with van der Waals surface area (Å²) >= 11 is 8.25. The molecule has 2 bridgehead atoms. The van der Waals surface area contributed by atoms with Crippen molar-refractivity contribution in [1.82, 2.24) is 5.32 Å². The predicted octanol–water partition coefficient (Wildman–Crippen LogP) is 3.96. The van der Waals surface area contributed by atoms with E-state index in [1.807, 2.05) is 6.07 Å². The summed E-state index contributed by atoms with van der Waals surface area (Å²) in [5.74, 6) is 0. The lowest BCUT2D eigenvalue weighted by Gasteiger charge is -2.19. The fraction of sp³-hybridized carbons (Fsp3) is 0.467. The first-order valence-electron chi connectivity index (χ1n) is 6.86. The predicted molar refractivity (Wildman–Crippen MR) is 80.0 cm³/mol. The minimum atomic E-state index is 0.429. The molecule has 2 aliphatic rings. The van der Waals surface area contributed by atoms with E-state index in [-0.39, 0.29) is 0 Å². The largest absolute Gasteiger partial charge is 0.373 e. The summed E-state index contributed by atoms with van der Waals surface area (Å²) in [6, 6.07) is 8.85. The summed E-state index contributed by atoms with van der Waals surface area (Å²) in [6.07, 6.45) is 4.54. The van der Waals surface area contributed by atoms with Crippen LogP contribution in [0.15, 0.2) is 24.3 Å². The summed E-state index contributed by atoms with van der Waals surface area (Å²) < 4.78 is 7.14. The minimum Gasteiger partial charge on any atom is -0.373 e. The molecule has 4 rings (SSSR count). The smallest absolute Gasteiger partial charge is 0.0733 e. The van der Waals surface area contributed by atoms with Crippen molar-refractivity contribution in [2.75, 3.05) is 0 Å². The number of hydrogen-bond acceptors (Lipinski definition) is 3. The molecule has 0 saturated carbocycles. The number of benzene rings is 1. The zero-order valence-electron chi connectivity index (χ0n) is 10.6. The van der Waals surface area contributed by atoms with Gasteiger partial charge in [0.2, 0.25) is 0 Å². The first-order chi connectivity index (χ1) is 9.31. The van der Waals surface area contributed by atoms with E-state index in [2.05, 4.69) is 23.5 Å². The Labute approximate surface area is 121 Å². The summed E-state index contributed by atoms with van der Waals surface area (Å²) in [4.78, 5) is 1.24. The Morgan fingerprint density at radius 2 is 2.21 bits per heavy atom. The van der Waals surface area contributed by atoms with E-state index in [9.17, 15) is 0 Å². The fourth-order valence-corrected chi connectivity index (χ4v) is 4.71. The van der Waals surface area contributed by atoms with Crippen LogP contribution in [-0.4, -0.2) is 18.2 Å². The Kier molecular flexibility index (Phi) is 3.03. The molecule has 3 heterocycles. The van der Waals surface area contributed by atoms with Crippen LogP contribution < -0.4 is 5.32 Å². The van der Waals surface area contributed by atoms with Gasteiger partial charge in [0.05, 0.1) is 17.2 Å². The maximum Gasteiger partial charge on any atom is 0.0733 e. The molecule has 1 aromatic heterocycles. The average Bonchev–Trinajstić information content (AvgIpc) is 3.12. The summed E-state index contributed by atoms with van der Waals surface area (Å²) in [5.41, 5.74) is 0. The van der Waals surface area contributed by atoms with Gasteiger partial charge in [0.1, 0.15) is 0 Å². The third-order valence-electron chi connectivity index (χ3n) is 4.23. The average molecular weight is 294 g/mol. The lowest BCUT2D eigenvalue weighted by Crippen LogP contribution is -2.36. The molecule has 1 N–H and O–H groups in total. The third-order valence-corrected chi connectivity index (χ3v) is 5.95. The zero-order chi connectivity index (χ0) is 12.8. The molecule has 0 aliphatic carbocycles. The number of rotatable bonds is 3. The molecular weight excluding hydrogens is 278 g/mol. The zero-order valence-corrected chi connectivity index (χ0v) is 12.1. The molecule has 0 spiro atoms. The fourth-order valence-electron chi connectivity index (χ4n) is 3.25. The van der Waals surface area contributed by atoms with E-state index in [0.717, 1.165) is 18.0 Å². The van der Waals surface area contributed by atoms with Crippen molar-refractivity contribution in [3.63, 3.8) is 0 Å². The quantitative estimate of drug-likeness (QED) is 0.925. The van der Waals surface area contributed by atoms with Gasteiger partial charge in [-0.2, -0.15) is 0 Å². The normalized spacial score (nSPS) is 29.4. The lowest BCUT2D eigenvalue weighted by atomic mass is 9.95. The van der Waals surface area contributed by atoms with Crippen LogP contribution in [0.5, 0.6) is 0 Å². The molecule has 2 fully saturated rings. The Bertz CT molecular complexity index is 611. The second-order valence-corrected chi connectivity index (χ2v) is 6.95. The first kappa shape index (κ1) is 12.2. The maximum atomic E-state index is 6.46. The van der Waals surface area contributed by atoms with Crippen LogP contribution in [0, 0.1) is 0 Å². The van der Waals surface area contributed by atoms with Crippen LogP contribution in [0.2, 0.25) is 5.02 Å². The monoisotopic (exact) mass is 293 g/mol. The molecule has 100 valence electrons. The highest BCUT2D eigenvalue weighted by molar-refractivity contribution is 7.19. The van der Waals surface area contributed by atoms with Gasteiger partial charge in [-0.15, -0.1) is 11.3 Å². The number of fused-ring (bicyclic) bond motifs is 3. The Morgan fingerprint density at radius 1 is 1.32 bits per heavy atom. The van der Waals surface area contributed by atoms with Crippen molar-refractivity contribution in [3.8, 4) is 0 Å². The molecule has 0 amide bonds. The van der Waals surface area contributed by atoms with E-state index in [0.29, 0.717) is 18.2 Å². The molecule has 3 unspecified atom stereocenters. The SMILES string of the molecule is Clc1c(CNC2CC3CCC2O3)sc2ccccc12. The van der Waals surface area contributed by atoms with Crippen LogP contribution in [0.3, 0.4) is 0 Å². The molecule has 2 nitrogen and oxygen atoms in total. The van der Waals surface area contributed by atoms with Crippen molar-refractivity contribution in [1.29, 1.82) is 0 Å². The van der Waals surface area contributed by atoms with Crippen molar-refractivity contribution >= 4 is 33.0 Å². The van der Waals surface area contributed by atoms with Crippen LogP contribution >= 0.6 is 22.9 Å². The van der Waals surface area contributed by atoms with Gasteiger partial charge in [0.15, 0.2) is 0 Å². The van der Waals surface area contributed by atoms with E-state index in [4.69, 9.17) is 16.3 Å². The maximum absolute atomic E-state index is 6.46. The minimum absolute atomic E-state index is 0.429. The van der Waals surface area contributed by atoms with Crippen molar-refractivity contribution in [3.05, 3.63) is 34.2 Å². The molecule has 4 heteroatoms. The standard InChI is InChI=1S/C15H16ClNOS/c16-15-10-3-1-2-4-13(10)19-14(15)8-17-11-7-9-5-6-12(11)18-9/h1-4,9,11-12,17H,5-8H2. The molecule has 0 radical (unpaired) electrons. The van der Waals surface area contributed by atoms with Gasteiger partial charge in [0.25, 0.3) is 0 Å². The van der Waals surface area contributed by atoms with Gasteiger partial charge in [-0.3, -0.25) is 0 Å². The van der Waals surface area contributed by atoms with Crippen LogP contribution in [-0.2, 0) is 11.3 Å². The number of halogens is 1. The molecule has 19 heavy (non-hydrogen) atoms. The lowest BCUT2D eigenvalue weighted by molar-refractivity contribution is 0.0973. The first-order valence-corrected chi connectivity index (χ1v) is 8.05. The van der Waals surface area contributed by atoms with E-state index >= 15 is 0 Å². The summed E-state index contributed by atoms with van der Waals surface area (Å²) in [5, 5.41) is 5.72. The van der Waals surface area contributed by atoms with Crippen LogP contribution in [0.1, 0.15) is 24.1 Å². The van der Waals surface area contributed by atoms with Gasteiger partial charge in [-0.25, -0.2) is 0 Å². The van der Waals surface area contributed by atoms with Crippen molar-refractivity contribution in [2.24, 2.45) is 0 Å². The molecule has 2 aliphatic heterocycles. The van der Waals surface area contributed by atoms with Gasteiger partial charge in [-0.1, -0.05) is 29.8 Å². The Morgan fingerprint density at radius 3 is 2.95 bits per heavy atom. The molecule has 2 saturated heterocycles. The molecular formula is C15H16ClNOS. The Balaban J connectivity index is 1.51. The second kappa shape index (κ2) is 4.74. The molecule has 3 atom stereocenters. The number of nitrogens with one attached hydrogen (secondary N) is 1. The van der Waals surface area contributed by atoms with Gasteiger partial charge in [0, 0.05) is 27.5 Å². The van der Waals surface area contributed by atoms with Crippen LogP contribution in [0.4, 0.5) is 0 Å². The van der Waals surface area contributed by atoms with Crippen LogP contribution in [0.25, 0.3) is 10.1 Å². The molecule has 1 aromatic carbocycles. The highest BCUT2D eigenvalue weighted by Gasteiger charge is 2.40.